The lowest BCUT2D eigenvalue weighted by molar-refractivity contribution is -0.111. The molecule has 0 spiro atoms. The number of hydrogen-bond acceptors (Lipinski definition) is 6. The van der Waals surface area contributed by atoms with Crippen molar-refractivity contribution in [2.75, 3.05) is 26.1 Å². The van der Waals surface area contributed by atoms with Crippen molar-refractivity contribution in [1.82, 2.24) is 5.32 Å². The normalized spacial score (nSPS) is 13.1. The summed E-state index contributed by atoms with van der Waals surface area (Å²) in [4.78, 5) is 13.4. The Bertz CT molecular complexity index is 896. The van der Waals surface area contributed by atoms with Gasteiger partial charge in [0.05, 0.1) is 19.8 Å². The fourth-order valence-electron chi connectivity index (χ4n) is 2.83. The maximum atomic E-state index is 12.3. The first-order valence-electron chi connectivity index (χ1n) is 8.12. The molecule has 1 aliphatic rings. The molecule has 0 saturated heterocycles. The first kappa shape index (κ1) is 18.0. The van der Waals surface area contributed by atoms with Crippen LogP contribution in [-0.2, 0) is 17.8 Å². The van der Waals surface area contributed by atoms with Crippen LogP contribution < -0.4 is 20.1 Å². The van der Waals surface area contributed by atoms with Crippen molar-refractivity contribution in [2.24, 2.45) is 0 Å². The number of nitrogens with one attached hydrogen (secondary N) is 2. The molecule has 0 saturated carbocycles. The molecule has 0 aliphatic carbocycles. The zero-order chi connectivity index (χ0) is 18.5. The highest BCUT2D eigenvalue weighted by Gasteiger charge is 2.21. The molecular weight excluding hydrogens is 350 g/mol. The Morgan fingerprint density at radius 1 is 1.38 bits per heavy atom. The Kier molecular flexibility index (Phi) is 5.56. The third-order valence-corrected chi connectivity index (χ3v) is 5.28. The van der Waals surface area contributed by atoms with Gasteiger partial charge in [-0.25, -0.2) is 0 Å². The summed E-state index contributed by atoms with van der Waals surface area (Å²) in [6.07, 6.45) is 3.90. The van der Waals surface area contributed by atoms with E-state index in [4.69, 9.17) is 9.47 Å². The largest absolute Gasteiger partial charge is 0.497 e. The minimum Gasteiger partial charge on any atom is -0.497 e. The molecule has 6 nitrogen and oxygen atoms in total. The molecule has 0 atom stereocenters. The average Bonchev–Trinajstić information content (AvgIpc) is 3.02. The minimum atomic E-state index is -0.294. The van der Waals surface area contributed by atoms with Crippen LogP contribution in [0.15, 0.2) is 24.3 Å². The molecule has 134 valence electrons. The zero-order valence-corrected chi connectivity index (χ0v) is 15.4. The summed E-state index contributed by atoms with van der Waals surface area (Å²) in [5.74, 6) is 1.03. The SMILES string of the molecule is COc1ccc(OC)c(C=CC(=O)Nc2sc3c(c2C#N)CCNC3)c1. The van der Waals surface area contributed by atoms with Crippen LogP contribution in [0.3, 0.4) is 0 Å². The van der Waals surface area contributed by atoms with E-state index in [1.165, 1.54) is 17.4 Å². The number of fused-ring (bicyclic) bond motifs is 1. The molecule has 3 rings (SSSR count). The van der Waals surface area contributed by atoms with Gasteiger partial charge in [-0.3, -0.25) is 4.79 Å². The average molecular weight is 369 g/mol. The summed E-state index contributed by atoms with van der Waals surface area (Å²) in [6.45, 7) is 1.59. The van der Waals surface area contributed by atoms with Crippen LogP contribution >= 0.6 is 11.3 Å². The smallest absolute Gasteiger partial charge is 0.249 e. The van der Waals surface area contributed by atoms with Gasteiger partial charge in [0.2, 0.25) is 5.91 Å². The molecular formula is C19H19N3O3S. The number of thiophene rings is 1. The Morgan fingerprint density at radius 3 is 2.96 bits per heavy atom. The standard InChI is InChI=1S/C19H19N3O3S/c1-24-13-4-5-16(25-2)12(9-13)3-6-18(23)22-19-15(10-20)14-7-8-21-11-17(14)26-19/h3-6,9,21H,7-8,11H2,1-2H3,(H,22,23). The second-order valence-corrected chi connectivity index (χ2v) is 6.78. The van der Waals surface area contributed by atoms with Crippen molar-refractivity contribution < 1.29 is 14.3 Å². The van der Waals surface area contributed by atoms with Crippen LogP contribution in [0.2, 0.25) is 0 Å². The number of amides is 1. The number of hydrogen-bond donors (Lipinski definition) is 2. The number of methoxy groups -OCH3 is 2. The van der Waals surface area contributed by atoms with Gasteiger partial charge < -0.3 is 20.1 Å². The van der Waals surface area contributed by atoms with Gasteiger partial charge in [0.15, 0.2) is 0 Å². The molecule has 2 aromatic rings. The summed E-state index contributed by atoms with van der Waals surface area (Å²) in [5, 5.41) is 16.2. The lowest BCUT2D eigenvalue weighted by Crippen LogP contribution is -2.22. The van der Waals surface area contributed by atoms with Gasteiger partial charge in [0, 0.05) is 23.1 Å². The Labute approximate surface area is 156 Å². The van der Waals surface area contributed by atoms with E-state index in [2.05, 4.69) is 16.7 Å². The lowest BCUT2D eigenvalue weighted by atomic mass is 10.1. The number of anilines is 1. The summed E-state index contributed by atoms with van der Waals surface area (Å²) in [5.41, 5.74) is 2.36. The monoisotopic (exact) mass is 369 g/mol. The van der Waals surface area contributed by atoms with E-state index in [0.717, 1.165) is 35.5 Å². The molecule has 0 unspecified atom stereocenters. The van der Waals surface area contributed by atoms with Crippen molar-refractivity contribution >= 4 is 28.3 Å². The molecule has 1 aromatic carbocycles. The summed E-state index contributed by atoms with van der Waals surface area (Å²) in [6, 6.07) is 7.59. The number of ether oxygens (including phenoxy) is 2. The molecule has 0 fully saturated rings. The van der Waals surface area contributed by atoms with Crippen LogP contribution in [-0.4, -0.2) is 26.7 Å². The van der Waals surface area contributed by atoms with Gasteiger partial charge in [-0.1, -0.05) is 0 Å². The van der Waals surface area contributed by atoms with Gasteiger partial charge in [-0.2, -0.15) is 5.26 Å². The molecule has 7 heteroatoms. The molecule has 0 radical (unpaired) electrons. The number of nitriles is 1. The Balaban J connectivity index is 1.79. The van der Waals surface area contributed by atoms with Gasteiger partial charge >= 0.3 is 0 Å². The van der Waals surface area contributed by atoms with E-state index in [0.29, 0.717) is 22.1 Å². The molecule has 1 aromatic heterocycles. The minimum absolute atomic E-state index is 0.294. The highest BCUT2D eigenvalue weighted by Crippen LogP contribution is 2.34. The highest BCUT2D eigenvalue weighted by atomic mass is 32.1. The predicted octanol–water partition coefficient (Wildman–Crippen LogP) is 2.93. The van der Waals surface area contributed by atoms with E-state index in [9.17, 15) is 10.1 Å². The van der Waals surface area contributed by atoms with E-state index in [-0.39, 0.29) is 5.91 Å². The molecule has 26 heavy (non-hydrogen) atoms. The maximum absolute atomic E-state index is 12.3. The van der Waals surface area contributed by atoms with Crippen LogP contribution in [0, 0.1) is 11.3 Å². The van der Waals surface area contributed by atoms with Crippen LogP contribution in [0.25, 0.3) is 6.08 Å². The summed E-state index contributed by atoms with van der Waals surface area (Å²) < 4.78 is 10.5. The maximum Gasteiger partial charge on any atom is 0.249 e. The molecule has 2 heterocycles. The van der Waals surface area contributed by atoms with Crippen molar-refractivity contribution in [3.63, 3.8) is 0 Å². The number of nitrogens with zero attached hydrogens (tertiary/aromatic N) is 1. The van der Waals surface area contributed by atoms with E-state index in [1.807, 2.05) is 0 Å². The number of carbonyl (C=O) groups is 1. The lowest BCUT2D eigenvalue weighted by Gasteiger charge is -2.11. The topological polar surface area (TPSA) is 83.4 Å². The third kappa shape index (κ3) is 3.72. The quantitative estimate of drug-likeness (QED) is 0.792. The van der Waals surface area contributed by atoms with Crippen molar-refractivity contribution in [2.45, 2.75) is 13.0 Å². The fraction of sp³-hybridized carbons (Fsp3) is 0.263. The van der Waals surface area contributed by atoms with Gasteiger partial charge in [-0.15, -0.1) is 11.3 Å². The van der Waals surface area contributed by atoms with Crippen molar-refractivity contribution in [1.29, 1.82) is 5.26 Å². The van der Waals surface area contributed by atoms with E-state index >= 15 is 0 Å². The van der Waals surface area contributed by atoms with Gasteiger partial charge in [0.1, 0.15) is 22.6 Å². The van der Waals surface area contributed by atoms with Crippen LogP contribution in [0.4, 0.5) is 5.00 Å². The molecule has 1 amide bonds. The Hall–Kier alpha value is -2.82. The van der Waals surface area contributed by atoms with Crippen LogP contribution in [0.1, 0.15) is 21.6 Å². The van der Waals surface area contributed by atoms with E-state index in [1.54, 1.807) is 38.5 Å². The van der Waals surface area contributed by atoms with Gasteiger partial charge in [-0.05, 0) is 42.8 Å². The number of carbonyl (C=O) groups excluding carboxylic acids is 1. The molecule has 2 N–H and O–H groups in total. The fourth-order valence-corrected chi connectivity index (χ4v) is 4.00. The summed E-state index contributed by atoms with van der Waals surface area (Å²) >= 11 is 1.45. The molecule has 0 bridgehead atoms. The second-order valence-electron chi connectivity index (χ2n) is 5.68. The second kappa shape index (κ2) is 8.04. The molecule has 1 aliphatic heterocycles. The van der Waals surface area contributed by atoms with Crippen LogP contribution in [0.5, 0.6) is 11.5 Å². The van der Waals surface area contributed by atoms with E-state index < -0.39 is 0 Å². The van der Waals surface area contributed by atoms with Crippen molar-refractivity contribution in [3.8, 4) is 17.6 Å². The Morgan fingerprint density at radius 2 is 2.23 bits per heavy atom. The third-order valence-electron chi connectivity index (χ3n) is 4.13. The predicted molar refractivity (Wildman–Crippen MR) is 102 cm³/mol. The van der Waals surface area contributed by atoms with Gasteiger partial charge in [0.25, 0.3) is 0 Å². The zero-order valence-electron chi connectivity index (χ0n) is 14.6. The number of rotatable bonds is 5. The summed E-state index contributed by atoms with van der Waals surface area (Å²) in [7, 11) is 3.15. The number of benzene rings is 1. The van der Waals surface area contributed by atoms with Crippen molar-refractivity contribution in [3.05, 3.63) is 45.8 Å². The first-order chi connectivity index (χ1) is 12.7. The highest BCUT2D eigenvalue weighted by molar-refractivity contribution is 7.16. The first-order valence-corrected chi connectivity index (χ1v) is 8.94.